The normalized spacial score (nSPS) is 11.2. The first kappa shape index (κ1) is 18.9. The van der Waals surface area contributed by atoms with Gasteiger partial charge in [-0.05, 0) is 55.8 Å². The summed E-state index contributed by atoms with van der Waals surface area (Å²) in [5, 5.41) is 0.341. The lowest BCUT2D eigenvalue weighted by Gasteiger charge is -2.15. The molecule has 0 aliphatic rings. The Hall–Kier alpha value is -2.40. The molecule has 0 bridgehead atoms. The molecule has 0 unspecified atom stereocenters. The summed E-state index contributed by atoms with van der Waals surface area (Å²) in [7, 11) is 1.48. The van der Waals surface area contributed by atoms with E-state index in [0.29, 0.717) is 22.1 Å². The molecule has 0 saturated carbocycles. The topological polar surface area (TPSA) is 35.5 Å². The SMILES string of the molecule is COc1cc(/C=C/C(=O)c2ccc(F)c(F)c2)cc(Cl)c1OC(C)C. The van der Waals surface area contributed by atoms with Crippen molar-refractivity contribution in [2.24, 2.45) is 0 Å². The monoisotopic (exact) mass is 366 g/mol. The summed E-state index contributed by atoms with van der Waals surface area (Å²) in [6.07, 6.45) is 2.68. The van der Waals surface area contributed by atoms with Crippen molar-refractivity contribution in [3.8, 4) is 11.5 Å². The van der Waals surface area contributed by atoms with Crippen molar-refractivity contribution in [2.75, 3.05) is 7.11 Å². The number of methoxy groups -OCH3 is 1. The number of halogens is 3. The summed E-state index contributed by atoms with van der Waals surface area (Å²) in [5.74, 6) is -1.68. The predicted octanol–water partition coefficient (Wildman–Crippen LogP) is 5.31. The van der Waals surface area contributed by atoms with Crippen molar-refractivity contribution in [2.45, 2.75) is 20.0 Å². The standard InChI is InChI=1S/C19H17ClF2O3/c1-11(2)25-19-14(20)8-12(9-18(19)24-3)4-7-17(23)13-5-6-15(21)16(22)10-13/h4-11H,1-3H3/b7-4+. The maximum absolute atomic E-state index is 13.2. The number of ketones is 1. The Morgan fingerprint density at radius 2 is 1.88 bits per heavy atom. The molecular formula is C19H17ClF2O3. The van der Waals surface area contributed by atoms with Crippen LogP contribution in [0.25, 0.3) is 6.08 Å². The fraction of sp³-hybridized carbons (Fsp3) is 0.211. The van der Waals surface area contributed by atoms with E-state index < -0.39 is 17.4 Å². The molecule has 132 valence electrons. The molecule has 0 N–H and O–H groups in total. The second kappa shape index (κ2) is 8.12. The summed E-state index contributed by atoms with van der Waals surface area (Å²) in [6.45, 7) is 3.73. The summed E-state index contributed by atoms with van der Waals surface area (Å²) in [6, 6.07) is 6.27. The number of allylic oxidation sites excluding steroid dienone is 1. The van der Waals surface area contributed by atoms with E-state index in [-0.39, 0.29) is 11.7 Å². The predicted molar refractivity (Wildman–Crippen MR) is 93.5 cm³/mol. The molecular weight excluding hydrogens is 350 g/mol. The third-order valence-corrected chi connectivity index (χ3v) is 3.52. The molecule has 6 heteroatoms. The van der Waals surface area contributed by atoms with E-state index in [1.807, 2.05) is 13.8 Å². The van der Waals surface area contributed by atoms with Gasteiger partial charge < -0.3 is 9.47 Å². The van der Waals surface area contributed by atoms with Gasteiger partial charge in [-0.1, -0.05) is 17.7 Å². The molecule has 2 rings (SSSR count). The van der Waals surface area contributed by atoms with Crippen LogP contribution in [0, 0.1) is 11.6 Å². The highest BCUT2D eigenvalue weighted by Gasteiger charge is 2.13. The van der Waals surface area contributed by atoms with Crippen LogP contribution in [0.5, 0.6) is 11.5 Å². The highest BCUT2D eigenvalue weighted by Crippen LogP contribution is 2.37. The molecule has 25 heavy (non-hydrogen) atoms. The van der Waals surface area contributed by atoms with Crippen LogP contribution in [-0.2, 0) is 0 Å². The van der Waals surface area contributed by atoms with Gasteiger partial charge in [0.1, 0.15) is 0 Å². The van der Waals surface area contributed by atoms with E-state index >= 15 is 0 Å². The van der Waals surface area contributed by atoms with Crippen molar-refractivity contribution in [1.82, 2.24) is 0 Å². The Morgan fingerprint density at radius 1 is 1.16 bits per heavy atom. The van der Waals surface area contributed by atoms with Crippen LogP contribution >= 0.6 is 11.6 Å². The van der Waals surface area contributed by atoms with Gasteiger partial charge in [0.15, 0.2) is 28.9 Å². The molecule has 0 saturated heterocycles. The van der Waals surface area contributed by atoms with Crippen molar-refractivity contribution in [1.29, 1.82) is 0 Å². The van der Waals surface area contributed by atoms with Crippen LogP contribution in [0.2, 0.25) is 5.02 Å². The van der Waals surface area contributed by atoms with E-state index in [2.05, 4.69) is 0 Å². The van der Waals surface area contributed by atoms with Crippen LogP contribution in [0.15, 0.2) is 36.4 Å². The molecule has 0 atom stereocenters. The van der Waals surface area contributed by atoms with Gasteiger partial charge in [0.05, 0.1) is 18.2 Å². The lowest BCUT2D eigenvalue weighted by Crippen LogP contribution is -2.07. The number of carbonyl (C=O) groups excluding carboxylic acids is 1. The second-order valence-corrected chi connectivity index (χ2v) is 5.93. The van der Waals surface area contributed by atoms with Gasteiger partial charge in [0.25, 0.3) is 0 Å². The van der Waals surface area contributed by atoms with Crippen LogP contribution in [-0.4, -0.2) is 19.0 Å². The fourth-order valence-electron chi connectivity index (χ4n) is 2.10. The maximum atomic E-state index is 13.2. The Morgan fingerprint density at radius 3 is 2.48 bits per heavy atom. The summed E-state index contributed by atoms with van der Waals surface area (Å²) in [4.78, 5) is 12.1. The fourth-order valence-corrected chi connectivity index (χ4v) is 2.37. The van der Waals surface area contributed by atoms with Gasteiger partial charge in [-0.15, -0.1) is 0 Å². The van der Waals surface area contributed by atoms with E-state index in [0.717, 1.165) is 12.1 Å². The zero-order valence-electron chi connectivity index (χ0n) is 14.0. The van der Waals surface area contributed by atoms with E-state index in [1.165, 1.54) is 25.3 Å². The molecule has 0 aliphatic carbocycles. The van der Waals surface area contributed by atoms with E-state index in [9.17, 15) is 13.6 Å². The summed E-state index contributed by atoms with van der Waals surface area (Å²) in [5.41, 5.74) is 0.655. The average Bonchev–Trinajstić information content (AvgIpc) is 2.56. The minimum Gasteiger partial charge on any atom is -0.493 e. The first-order valence-electron chi connectivity index (χ1n) is 7.53. The van der Waals surface area contributed by atoms with Gasteiger partial charge >= 0.3 is 0 Å². The average molecular weight is 367 g/mol. The zero-order chi connectivity index (χ0) is 18.6. The van der Waals surface area contributed by atoms with Crippen molar-refractivity contribution >= 4 is 23.5 Å². The molecule has 0 fully saturated rings. The molecule has 0 amide bonds. The molecule has 0 radical (unpaired) electrons. The molecule has 0 heterocycles. The quantitative estimate of drug-likeness (QED) is 0.513. The number of ether oxygens (including phenoxy) is 2. The number of hydrogen-bond acceptors (Lipinski definition) is 3. The Kier molecular flexibility index (Phi) is 6.15. The number of carbonyl (C=O) groups is 1. The van der Waals surface area contributed by atoms with Gasteiger partial charge in [-0.3, -0.25) is 4.79 Å². The van der Waals surface area contributed by atoms with Crippen LogP contribution in [0.1, 0.15) is 29.8 Å². The van der Waals surface area contributed by atoms with Gasteiger partial charge in [0.2, 0.25) is 0 Å². The third kappa shape index (κ3) is 4.79. The highest BCUT2D eigenvalue weighted by molar-refractivity contribution is 6.32. The van der Waals surface area contributed by atoms with Crippen LogP contribution < -0.4 is 9.47 Å². The van der Waals surface area contributed by atoms with Gasteiger partial charge in [-0.2, -0.15) is 0 Å². The molecule has 2 aromatic rings. The van der Waals surface area contributed by atoms with Crippen molar-refractivity contribution in [3.05, 3.63) is 64.2 Å². The van der Waals surface area contributed by atoms with E-state index in [1.54, 1.807) is 12.1 Å². The first-order valence-corrected chi connectivity index (χ1v) is 7.91. The molecule has 0 spiro atoms. The molecule has 2 aromatic carbocycles. The Bertz CT molecular complexity index is 817. The number of benzene rings is 2. The molecule has 3 nitrogen and oxygen atoms in total. The lowest BCUT2D eigenvalue weighted by molar-refractivity contribution is 0.104. The molecule has 0 aliphatic heterocycles. The number of rotatable bonds is 6. The Balaban J connectivity index is 2.26. The summed E-state index contributed by atoms with van der Waals surface area (Å²) >= 11 is 6.21. The van der Waals surface area contributed by atoms with Gasteiger partial charge in [-0.25, -0.2) is 8.78 Å². The van der Waals surface area contributed by atoms with Crippen molar-refractivity contribution < 1.29 is 23.0 Å². The van der Waals surface area contributed by atoms with Crippen LogP contribution in [0.4, 0.5) is 8.78 Å². The van der Waals surface area contributed by atoms with Gasteiger partial charge in [0, 0.05) is 5.56 Å². The van der Waals surface area contributed by atoms with Crippen LogP contribution in [0.3, 0.4) is 0 Å². The third-order valence-electron chi connectivity index (χ3n) is 3.24. The molecule has 0 aromatic heterocycles. The minimum absolute atomic E-state index is 0.0490. The smallest absolute Gasteiger partial charge is 0.185 e. The number of hydrogen-bond donors (Lipinski definition) is 0. The Labute approximate surface area is 149 Å². The first-order chi connectivity index (χ1) is 11.8. The minimum atomic E-state index is -1.07. The summed E-state index contributed by atoms with van der Waals surface area (Å²) < 4.78 is 37.0. The largest absolute Gasteiger partial charge is 0.493 e. The maximum Gasteiger partial charge on any atom is 0.185 e. The zero-order valence-corrected chi connectivity index (χ0v) is 14.7. The lowest BCUT2D eigenvalue weighted by atomic mass is 10.1. The van der Waals surface area contributed by atoms with E-state index in [4.69, 9.17) is 21.1 Å². The highest BCUT2D eigenvalue weighted by atomic mass is 35.5. The van der Waals surface area contributed by atoms with Crippen molar-refractivity contribution in [3.63, 3.8) is 0 Å². The second-order valence-electron chi connectivity index (χ2n) is 5.53.